The highest BCUT2D eigenvalue weighted by atomic mass is 16.5. The summed E-state index contributed by atoms with van der Waals surface area (Å²) in [5.74, 6) is 1.47. The van der Waals surface area contributed by atoms with Gasteiger partial charge in [0.2, 0.25) is 0 Å². The molecule has 0 radical (unpaired) electrons. The lowest BCUT2D eigenvalue weighted by Gasteiger charge is -2.22. The molecule has 0 saturated carbocycles. The summed E-state index contributed by atoms with van der Waals surface area (Å²) in [5.41, 5.74) is 0.627. The minimum absolute atomic E-state index is 0.0246. The summed E-state index contributed by atoms with van der Waals surface area (Å²) in [7, 11) is 1.58. The summed E-state index contributed by atoms with van der Waals surface area (Å²) in [6.07, 6.45) is 0.420. The predicted octanol–water partition coefficient (Wildman–Crippen LogP) is 2.05. The lowest BCUT2D eigenvalue weighted by molar-refractivity contribution is 0.0870. The van der Waals surface area contributed by atoms with E-state index in [1.165, 1.54) is 0 Å². The Morgan fingerprint density at radius 2 is 2.29 bits per heavy atom. The molecular weight excluding hydrogens is 180 g/mol. The van der Waals surface area contributed by atoms with Gasteiger partial charge < -0.3 is 9.47 Å². The quantitative estimate of drug-likeness (QED) is 0.683. The van der Waals surface area contributed by atoms with Gasteiger partial charge >= 0.3 is 0 Å². The average molecular weight is 192 g/mol. The average Bonchev–Trinajstić information content (AvgIpc) is 2.17. The maximum absolute atomic E-state index is 11.6. The zero-order valence-electron chi connectivity index (χ0n) is 8.24. The topological polar surface area (TPSA) is 35.5 Å². The van der Waals surface area contributed by atoms with Crippen LogP contribution in [0.15, 0.2) is 18.2 Å². The van der Waals surface area contributed by atoms with Crippen molar-refractivity contribution in [2.75, 3.05) is 7.11 Å². The van der Waals surface area contributed by atoms with Gasteiger partial charge in [-0.1, -0.05) is 0 Å². The largest absolute Gasteiger partial charge is 0.497 e. The number of carbonyl (C=O) groups is 1. The van der Waals surface area contributed by atoms with Gasteiger partial charge in [0, 0.05) is 6.42 Å². The minimum Gasteiger partial charge on any atom is -0.497 e. The molecule has 3 heteroatoms. The van der Waals surface area contributed by atoms with E-state index in [9.17, 15) is 4.79 Å². The molecule has 1 aliphatic heterocycles. The van der Waals surface area contributed by atoms with Gasteiger partial charge in [-0.25, -0.2) is 0 Å². The summed E-state index contributed by atoms with van der Waals surface area (Å²) in [6, 6.07) is 5.30. The summed E-state index contributed by atoms with van der Waals surface area (Å²) in [4.78, 5) is 11.6. The van der Waals surface area contributed by atoms with Crippen LogP contribution in [0.1, 0.15) is 23.7 Å². The molecule has 0 aromatic heterocycles. The number of fused-ring (bicyclic) bond motifs is 1. The van der Waals surface area contributed by atoms with Crippen LogP contribution in [0.5, 0.6) is 11.5 Å². The summed E-state index contributed by atoms with van der Waals surface area (Å²) in [6.45, 7) is 1.89. The SMILES string of the molecule is COc1ccc2c(c1)C(=O)C[C@H](C)O2. The summed E-state index contributed by atoms with van der Waals surface area (Å²) in [5, 5.41) is 0. The molecule has 3 nitrogen and oxygen atoms in total. The monoisotopic (exact) mass is 192 g/mol. The van der Waals surface area contributed by atoms with E-state index in [-0.39, 0.29) is 11.9 Å². The Hall–Kier alpha value is -1.51. The zero-order valence-corrected chi connectivity index (χ0v) is 8.24. The number of hydrogen-bond donors (Lipinski definition) is 0. The first kappa shape index (κ1) is 9.06. The zero-order chi connectivity index (χ0) is 10.1. The highest BCUT2D eigenvalue weighted by molar-refractivity contribution is 6.00. The molecule has 1 aromatic rings. The van der Waals surface area contributed by atoms with E-state index in [1.807, 2.05) is 6.92 Å². The molecule has 0 saturated heterocycles. The molecule has 74 valence electrons. The number of benzene rings is 1. The van der Waals surface area contributed by atoms with Gasteiger partial charge in [0.05, 0.1) is 12.7 Å². The minimum atomic E-state index is -0.0246. The predicted molar refractivity (Wildman–Crippen MR) is 52.0 cm³/mol. The van der Waals surface area contributed by atoms with Gasteiger partial charge in [0.15, 0.2) is 5.78 Å². The second kappa shape index (κ2) is 3.33. The smallest absolute Gasteiger partial charge is 0.170 e. The number of hydrogen-bond acceptors (Lipinski definition) is 3. The van der Waals surface area contributed by atoms with Crippen LogP contribution in [0.3, 0.4) is 0 Å². The van der Waals surface area contributed by atoms with Crippen LogP contribution in [-0.4, -0.2) is 19.0 Å². The molecule has 0 N–H and O–H groups in total. The van der Waals surface area contributed by atoms with Crippen molar-refractivity contribution in [1.82, 2.24) is 0 Å². The number of rotatable bonds is 1. The normalized spacial score (nSPS) is 19.9. The Bertz CT molecular complexity index is 371. The Morgan fingerprint density at radius 1 is 1.50 bits per heavy atom. The molecule has 0 aliphatic carbocycles. The van der Waals surface area contributed by atoms with E-state index in [1.54, 1.807) is 25.3 Å². The summed E-state index contributed by atoms with van der Waals surface area (Å²) >= 11 is 0. The van der Waals surface area contributed by atoms with Crippen molar-refractivity contribution in [3.63, 3.8) is 0 Å². The van der Waals surface area contributed by atoms with Crippen LogP contribution < -0.4 is 9.47 Å². The maximum atomic E-state index is 11.6. The van der Waals surface area contributed by atoms with Crippen molar-refractivity contribution in [2.45, 2.75) is 19.4 Å². The standard InChI is InChI=1S/C11H12O3/c1-7-5-10(12)9-6-8(13-2)3-4-11(9)14-7/h3-4,6-7H,5H2,1-2H3/t7-/m0/s1. The van der Waals surface area contributed by atoms with E-state index in [0.29, 0.717) is 23.5 Å². The van der Waals surface area contributed by atoms with E-state index in [0.717, 1.165) is 0 Å². The van der Waals surface area contributed by atoms with Gasteiger partial charge in [-0.15, -0.1) is 0 Å². The van der Waals surface area contributed by atoms with Crippen LogP contribution >= 0.6 is 0 Å². The first-order valence-electron chi connectivity index (χ1n) is 4.58. The number of carbonyl (C=O) groups excluding carboxylic acids is 1. The van der Waals surface area contributed by atoms with Crippen molar-refractivity contribution >= 4 is 5.78 Å². The van der Waals surface area contributed by atoms with Gasteiger partial charge in [-0.3, -0.25) is 4.79 Å². The molecule has 0 spiro atoms. The Morgan fingerprint density at radius 3 is 3.00 bits per heavy atom. The molecule has 14 heavy (non-hydrogen) atoms. The lowest BCUT2D eigenvalue weighted by Crippen LogP contribution is -2.23. The fourth-order valence-corrected chi connectivity index (χ4v) is 1.59. The van der Waals surface area contributed by atoms with E-state index in [2.05, 4.69) is 0 Å². The van der Waals surface area contributed by atoms with Gasteiger partial charge in [0.25, 0.3) is 0 Å². The van der Waals surface area contributed by atoms with Crippen molar-refractivity contribution in [2.24, 2.45) is 0 Å². The van der Waals surface area contributed by atoms with Crippen LogP contribution in [-0.2, 0) is 0 Å². The third-order valence-electron chi connectivity index (χ3n) is 2.29. The third-order valence-corrected chi connectivity index (χ3v) is 2.29. The van der Waals surface area contributed by atoms with Crippen molar-refractivity contribution in [3.05, 3.63) is 23.8 Å². The maximum Gasteiger partial charge on any atom is 0.170 e. The molecule has 2 rings (SSSR count). The van der Waals surface area contributed by atoms with Gasteiger partial charge in [0.1, 0.15) is 17.6 Å². The number of ether oxygens (including phenoxy) is 2. The lowest BCUT2D eigenvalue weighted by atomic mass is 10.0. The van der Waals surface area contributed by atoms with E-state index in [4.69, 9.17) is 9.47 Å². The van der Waals surface area contributed by atoms with Crippen LogP contribution in [0.4, 0.5) is 0 Å². The molecule has 1 heterocycles. The highest BCUT2D eigenvalue weighted by Crippen LogP contribution is 2.30. The molecule has 0 unspecified atom stereocenters. The van der Waals surface area contributed by atoms with Crippen molar-refractivity contribution in [1.29, 1.82) is 0 Å². The van der Waals surface area contributed by atoms with Crippen LogP contribution in [0, 0.1) is 0 Å². The third kappa shape index (κ3) is 1.45. The highest BCUT2D eigenvalue weighted by Gasteiger charge is 2.23. The number of methoxy groups -OCH3 is 1. The second-order valence-electron chi connectivity index (χ2n) is 3.42. The molecular formula is C11H12O3. The van der Waals surface area contributed by atoms with Gasteiger partial charge in [-0.05, 0) is 25.1 Å². The molecule has 0 bridgehead atoms. The van der Waals surface area contributed by atoms with Crippen LogP contribution in [0.25, 0.3) is 0 Å². The van der Waals surface area contributed by atoms with E-state index < -0.39 is 0 Å². The molecule has 0 amide bonds. The van der Waals surface area contributed by atoms with Gasteiger partial charge in [-0.2, -0.15) is 0 Å². The molecule has 1 atom stereocenters. The molecule has 1 aliphatic rings. The first-order valence-corrected chi connectivity index (χ1v) is 4.58. The second-order valence-corrected chi connectivity index (χ2v) is 3.42. The Labute approximate surface area is 82.6 Å². The fraction of sp³-hybridized carbons (Fsp3) is 0.364. The molecule has 1 aromatic carbocycles. The van der Waals surface area contributed by atoms with Crippen molar-refractivity contribution in [3.8, 4) is 11.5 Å². The fourth-order valence-electron chi connectivity index (χ4n) is 1.59. The van der Waals surface area contributed by atoms with E-state index >= 15 is 0 Å². The number of ketones is 1. The Balaban J connectivity index is 2.44. The van der Waals surface area contributed by atoms with Crippen molar-refractivity contribution < 1.29 is 14.3 Å². The Kier molecular flexibility index (Phi) is 2.15. The molecule has 0 fully saturated rings. The summed E-state index contributed by atoms with van der Waals surface area (Å²) < 4.78 is 10.6. The first-order chi connectivity index (χ1) is 6.70. The number of Topliss-reactive ketones (excluding diaryl/α,β-unsaturated/α-hetero) is 1. The van der Waals surface area contributed by atoms with Crippen LogP contribution in [0.2, 0.25) is 0 Å².